The van der Waals surface area contributed by atoms with Gasteiger partial charge in [-0.25, -0.2) is 4.79 Å². The highest BCUT2D eigenvalue weighted by Gasteiger charge is 2.14. The number of carbonyl (C=O) groups excluding carboxylic acids is 1. The lowest BCUT2D eigenvalue weighted by molar-refractivity contribution is 0.0299. The monoisotopic (exact) mass is 292 g/mol. The number of rotatable bonds is 6. The van der Waals surface area contributed by atoms with Crippen LogP contribution in [0.2, 0.25) is 0 Å². The Balaban J connectivity index is 1.74. The van der Waals surface area contributed by atoms with E-state index in [0.717, 1.165) is 12.8 Å². The van der Waals surface area contributed by atoms with E-state index in [1.807, 2.05) is 0 Å². The summed E-state index contributed by atoms with van der Waals surface area (Å²) in [5.41, 5.74) is 0.154. The fraction of sp³-hybridized carbons (Fsp3) is 0.533. The highest BCUT2D eigenvalue weighted by molar-refractivity contribution is 5.95. The van der Waals surface area contributed by atoms with Gasteiger partial charge >= 0.3 is 5.97 Å². The molecular formula is C15H20N2O4. The molecule has 1 aliphatic rings. The molecule has 0 atom stereocenters. The number of amides is 1. The van der Waals surface area contributed by atoms with Crippen molar-refractivity contribution in [2.24, 2.45) is 0 Å². The second kappa shape index (κ2) is 7.73. The molecule has 0 unspecified atom stereocenters. The maximum atomic E-state index is 11.8. The van der Waals surface area contributed by atoms with Gasteiger partial charge in [0, 0.05) is 12.7 Å². The molecule has 0 spiro atoms. The first-order valence-electron chi connectivity index (χ1n) is 7.26. The number of pyridine rings is 1. The highest BCUT2D eigenvalue weighted by atomic mass is 16.5. The van der Waals surface area contributed by atoms with E-state index in [9.17, 15) is 9.59 Å². The van der Waals surface area contributed by atoms with Gasteiger partial charge in [0.15, 0.2) is 0 Å². The fourth-order valence-electron chi connectivity index (χ4n) is 2.40. The molecular weight excluding hydrogens is 272 g/mol. The summed E-state index contributed by atoms with van der Waals surface area (Å²) in [5, 5.41) is 11.6. The molecule has 1 aromatic rings. The molecule has 1 saturated carbocycles. The second-order valence-corrected chi connectivity index (χ2v) is 5.12. The van der Waals surface area contributed by atoms with Crippen LogP contribution in [0.25, 0.3) is 0 Å². The highest BCUT2D eigenvalue weighted by Crippen LogP contribution is 2.19. The molecule has 0 radical (unpaired) electrons. The summed E-state index contributed by atoms with van der Waals surface area (Å²) in [6, 6.07) is 2.62. The normalized spacial score (nSPS) is 15.6. The van der Waals surface area contributed by atoms with Gasteiger partial charge in [-0.2, -0.15) is 0 Å². The van der Waals surface area contributed by atoms with Crippen LogP contribution in [0.5, 0.6) is 0 Å². The zero-order chi connectivity index (χ0) is 15.1. The van der Waals surface area contributed by atoms with Crippen LogP contribution >= 0.6 is 0 Å². The third kappa shape index (κ3) is 4.82. The van der Waals surface area contributed by atoms with Gasteiger partial charge in [-0.15, -0.1) is 0 Å². The van der Waals surface area contributed by atoms with E-state index >= 15 is 0 Å². The number of carboxylic acids is 1. The predicted molar refractivity (Wildman–Crippen MR) is 76.4 cm³/mol. The molecule has 2 rings (SSSR count). The fourth-order valence-corrected chi connectivity index (χ4v) is 2.40. The number of nitrogens with one attached hydrogen (secondary N) is 1. The van der Waals surface area contributed by atoms with Gasteiger partial charge in [-0.1, -0.05) is 19.3 Å². The lowest BCUT2D eigenvalue weighted by Gasteiger charge is -2.21. The van der Waals surface area contributed by atoms with Crippen molar-refractivity contribution in [1.29, 1.82) is 0 Å². The van der Waals surface area contributed by atoms with Crippen LogP contribution in [-0.2, 0) is 4.74 Å². The first kappa shape index (κ1) is 15.4. The molecule has 1 amide bonds. The Hall–Kier alpha value is -1.95. The predicted octanol–water partition coefficient (Wildman–Crippen LogP) is 1.86. The van der Waals surface area contributed by atoms with Crippen LogP contribution in [0.15, 0.2) is 18.3 Å². The molecule has 1 aromatic heterocycles. The van der Waals surface area contributed by atoms with Gasteiger partial charge in [-0.3, -0.25) is 9.78 Å². The Bertz CT molecular complexity index is 498. The Kier molecular flexibility index (Phi) is 5.68. The van der Waals surface area contributed by atoms with Crippen LogP contribution < -0.4 is 5.32 Å². The quantitative estimate of drug-likeness (QED) is 0.781. The van der Waals surface area contributed by atoms with Gasteiger partial charge in [0.05, 0.1) is 18.3 Å². The van der Waals surface area contributed by atoms with Crippen LogP contribution in [0.1, 0.15) is 53.0 Å². The Morgan fingerprint density at radius 2 is 2.10 bits per heavy atom. The molecule has 1 heterocycles. The molecule has 0 aromatic carbocycles. The number of carbonyl (C=O) groups is 2. The molecule has 21 heavy (non-hydrogen) atoms. The van der Waals surface area contributed by atoms with Gasteiger partial charge in [0.1, 0.15) is 5.69 Å². The van der Waals surface area contributed by atoms with E-state index in [0.29, 0.717) is 19.3 Å². The number of hydrogen-bond acceptors (Lipinski definition) is 4. The summed E-state index contributed by atoms with van der Waals surface area (Å²) in [4.78, 5) is 26.6. The van der Waals surface area contributed by atoms with E-state index < -0.39 is 5.97 Å². The smallest absolute Gasteiger partial charge is 0.335 e. The number of nitrogens with zero attached hydrogens (tertiary/aromatic N) is 1. The van der Waals surface area contributed by atoms with E-state index in [1.54, 1.807) is 0 Å². The van der Waals surface area contributed by atoms with E-state index in [4.69, 9.17) is 9.84 Å². The summed E-state index contributed by atoms with van der Waals surface area (Å²) in [5.74, 6) is -1.46. The van der Waals surface area contributed by atoms with Crippen molar-refractivity contribution in [2.45, 2.75) is 38.2 Å². The van der Waals surface area contributed by atoms with Gasteiger partial charge < -0.3 is 15.2 Å². The Morgan fingerprint density at radius 1 is 1.33 bits per heavy atom. The summed E-state index contributed by atoms with van der Waals surface area (Å²) < 4.78 is 5.70. The van der Waals surface area contributed by atoms with Gasteiger partial charge in [0.2, 0.25) is 0 Å². The van der Waals surface area contributed by atoms with Crippen LogP contribution in [0.4, 0.5) is 0 Å². The van der Waals surface area contributed by atoms with Crippen molar-refractivity contribution >= 4 is 11.9 Å². The molecule has 6 nitrogen and oxygen atoms in total. The number of aromatic nitrogens is 1. The average molecular weight is 292 g/mol. The van der Waals surface area contributed by atoms with Crippen molar-refractivity contribution in [3.8, 4) is 0 Å². The lowest BCUT2D eigenvalue weighted by Crippen LogP contribution is -2.30. The minimum Gasteiger partial charge on any atom is -0.478 e. The van der Waals surface area contributed by atoms with Gasteiger partial charge in [0.25, 0.3) is 5.91 Å². The SMILES string of the molecule is O=C(O)c1ccnc(C(=O)NCCOC2CCCCC2)c1. The summed E-state index contributed by atoms with van der Waals surface area (Å²) in [7, 11) is 0. The number of ether oxygens (including phenoxy) is 1. The number of hydrogen-bond donors (Lipinski definition) is 2. The summed E-state index contributed by atoms with van der Waals surface area (Å²) >= 11 is 0. The first-order valence-corrected chi connectivity index (χ1v) is 7.26. The third-order valence-corrected chi connectivity index (χ3v) is 3.53. The van der Waals surface area contributed by atoms with E-state index in [-0.39, 0.29) is 17.2 Å². The molecule has 2 N–H and O–H groups in total. The van der Waals surface area contributed by atoms with Crippen LogP contribution in [-0.4, -0.2) is 41.2 Å². The first-order chi connectivity index (χ1) is 10.2. The number of carboxylic acid groups (broad SMARTS) is 1. The molecule has 6 heteroatoms. The second-order valence-electron chi connectivity index (χ2n) is 5.12. The number of aromatic carboxylic acids is 1. The zero-order valence-corrected chi connectivity index (χ0v) is 11.9. The largest absolute Gasteiger partial charge is 0.478 e. The average Bonchev–Trinajstić information content (AvgIpc) is 2.52. The maximum Gasteiger partial charge on any atom is 0.335 e. The molecule has 1 fully saturated rings. The molecule has 0 bridgehead atoms. The lowest BCUT2D eigenvalue weighted by atomic mass is 9.98. The topological polar surface area (TPSA) is 88.5 Å². The third-order valence-electron chi connectivity index (χ3n) is 3.53. The van der Waals surface area contributed by atoms with Crippen molar-refractivity contribution in [1.82, 2.24) is 10.3 Å². The van der Waals surface area contributed by atoms with Crippen molar-refractivity contribution in [3.05, 3.63) is 29.6 Å². The van der Waals surface area contributed by atoms with E-state index in [1.165, 1.54) is 37.6 Å². The minimum absolute atomic E-state index is 0.0496. The van der Waals surface area contributed by atoms with Crippen molar-refractivity contribution in [2.75, 3.05) is 13.2 Å². The van der Waals surface area contributed by atoms with Crippen LogP contribution in [0, 0.1) is 0 Å². The molecule has 1 aliphatic carbocycles. The minimum atomic E-state index is -1.08. The summed E-state index contributed by atoms with van der Waals surface area (Å²) in [6.07, 6.45) is 7.51. The standard InChI is InChI=1S/C15H20N2O4/c18-14(13-10-11(15(19)20)6-7-16-13)17-8-9-21-12-4-2-1-3-5-12/h6-7,10,12H,1-5,8-9H2,(H,17,18)(H,19,20). The van der Waals surface area contributed by atoms with Crippen molar-refractivity contribution in [3.63, 3.8) is 0 Å². The maximum absolute atomic E-state index is 11.8. The van der Waals surface area contributed by atoms with Crippen molar-refractivity contribution < 1.29 is 19.4 Å². The Labute approximate surface area is 123 Å². The Morgan fingerprint density at radius 3 is 2.81 bits per heavy atom. The molecule has 0 aliphatic heterocycles. The molecule has 0 saturated heterocycles. The summed E-state index contributed by atoms with van der Waals surface area (Å²) in [6.45, 7) is 0.864. The molecule has 114 valence electrons. The zero-order valence-electron chi connectivity index (χ0n) is 11.9. The van der Waals surface area contributed by atoms with E-state index in [2.05, 4.69) is 10.3 Å². The van der Waals surface area contributed by atoms with Gasteiger partial charge in [-0.05, 0) is 25.0 Å². The van der Waals surface area contributed by atoms with Crippen LogP contribution in [0.3, 0.4) is 0 Å².